The molecule has 0 unspecified atom stereocenters. The van der Waals surface area contributed by atoms with Crippen LogP contribution < -0.4 is 10.9 Å². The molecule has 2 N–H and O–H groups in total. The lowest BCUT2D eigenvalue weighted by atomic mass is 10.2. The van der Waals surface area contributed by atoms with E-state index in [9.17, 15) is 14.4 Å². The molecule has 0 aliphatic heterocycles. The summed E-state index contributed by atoms with van der Waals surface area (Å²) in [5, 5.41) is 0.894. The number of para-hydroxylation sites is 1. The Hall–Kier alpha value is -3.74. The monoisotopic (exact) mass is 349 g/mol. The number of nitrogens with one attached hydrogen (secondary N) is 2. The lowest BCUT2D eigenvalue weighted by Gasteiger charge is -2.08. The molecule has 3 rings (SSSR count). The molecule has 0 aliphatic rings. The van der Waals surface area contributed by atoms with E-state index in [2.05, 4.69) is 15.8 Å². The number of aromatic nitrogens is 1. The van der Waals surface area contributed by atoms with Gasteiger partial charge in [0.15, 0.2) is 6.61 Å². The van der Waals surface area contributed by atoms with Crippen molar-refractivity contribution >= 4 is 28.7 Å². The Morgan fingerprint density at radius 3 is 2.38 bits per heavy atom. The maximum Gasteiger partial charge on any atom is 0.357 e. The van der Waals surface area contributed by atoms with E-state index < -0.39 is 24.4 Å². The standard InChI is InChI=1S/C19H15N3O4/c23-17(21-22-18(24)14-7-2-1-3-8-14)12-26-19(25)16-11-10-13-6-4-5-9-15(13)20-16/h1-11H,12H2,(H,21,23)(H,22,24). The molecule has 0 atom stereocenters. The number of carbonyl (C=O) groups excluding carboxylic acids is 3. The molecule has 3 aromatic rings. The Morgan fingerprint density at radius 2 is 1.58 bits per heavy atom. The van der Waals surface area contributed by atoms with Crippen LogP contribution in [-0.2, 0) is 9.53 Å². The highest BCUT2D eigenvalue weighted by atomic mass is 16.5. The van der Waals surface area contributed by atoms with Gasteiger partial charge in [-0.05, 0) is 24.3 Å². The third-order valence-corrected chi connectivity index (χ3v) is 3.49. The van der Waals surface area contributed by atoms with Crippen LogP contribution in [0.25, 0.3) is 10.9 Å². The number of carbonyl (C=O) groups is 3. The predicted molar refractivity (Wildman–Crippen MR) is 94.1 cm³/mol. The molecule has 0 aliphatic carbocycles. The minimum absolute atomic E-state index is 0.102. The van der Waals surface area contributed by atoms with Crippen molar-refractivity contribution in [3.8, 4) is 0 Å². The summed E-state index contributed by atoms with van der Waals surface area (Å²) < 4.78 is 4.91. The molecule has 2 amide bonds. The van der Waals surface area contributed by atoms with E-state index in [4.69, 9.17) is 4.74 Å². The number of hydrogen-bond acceptors (Lipinski definition) is 5. The third kappa shape index (κ3) is 4.21. The maximum atomic E-state index is 12.0. The summed E-state index contributed by atoms with van der Waals surface area (Å²) in [6, 6.07) is 19.0. The molecule has 0 bridgehead atoms. The Bertz CT molecular complexity index is 957. The van der Waals surface area contributed by atoms with Crippen molar-refractivity contribution in [1.82, 2.24) is 15.8 Å². The van der Waals surface area contributed by atoms with Crippen LogP contribution in [0.4, 0.5) is 0 Å². The second-order valence-corrected chi connectivity index (χ2v) is 5.33. The van der Waals surface area contributed by atoms with Gasteiger partial charge in [-0.1, -0.05) is 42.5 Å². The van der Waals surface area contributed by atoms with Crippen LogP contribution in [0, 0.1) is 0 Å². The second kappa shape index (κ2) is 7.89. The van der Waals surface area contributed by atoms with E-state index >= 15 is 0 Å². The van der Waals surface area contributed by atoms with E-state index in [1.54, 1.807) is 42.5 Å². The van der Waals surface area contributed by atoms with Crippen LogP contribution in [-0.4, -0.2) is 29.4 Å². The highest BCUT2D eigenvalue weighted by Gasteiger charge is 2.13. The van der Waals surface area contributed by atoms with Crippen molar-refractivity contribution in [3.05, 3.63) is 78.0 Å². The minimum Gasteiger partial charge on any atom is -0.451 e. The summed E-state index contributed by atoms with van der Waals surface area (Å²) in [7, 11) is 0. The average Bonchev–Trinajstić information content (AvgIpc) is 2.70. The van der Waals surface area contributed by atoms with Gasteiger partial charge in [0.05, 0.1) is 5.52 Å². The van der Waals surface area contributed by atoms with Crippen molar-refractivity contribution in [1.29, 1.82) is 0 Å². The van der Waals surface area contributed by atoms with Gasteiger partial charge in [-0.25, -0.2) is 9.78 Å². The molecule has 0 saturated heterocycles. The van der Waals surface area contributed by atoms with Gasteiger partial charge in [-0.3, -0.25) is 20.4 Å². The van der Waals surface area contributed by atoms with Crippen molar-refractivity contribution in [2.24, 2.45) is 0 Å². The molecule has 0 radical (unpaired) electrons. The fraction of sp³-hybridized carbons (Fsp3) is 0.0526. The van der Waals surface area contributed by atoms with Crippen molar-refractivity contribution in [2.45, 2.75) is 0 Å². The number of benzene rings is 2. The molecular formula is C19H15N3O4. The van der Waals surface area contributed by atoms with Gasteiger partial charge in [0.25, 0.3) is 11.8 Å². The molecule has 0 fully saturated rings. The van der Waals surface area contributed by atoms with E-state index in [-0.39, 0.29) is 5.69 Å². The number of rotatable bonds is 4. The fourth-order valence-corrected chi connectivity index (χ4v) is 2.21. The van der Waals surface area contributed by atoms with Crippen molar-refractivity contribution < 1.29 is 19.1 Å². The molecule has 0 spiro atoms. The highest BCUT2D eigenvalue weighted by molar-refractivity contribution is 5.96. The number of amides is 2. The number of pyridine rings is 1. The van der Waals surface area contributed by atoms with Gasteiger partial charge in [-0.15, -0.1) is 0 Å². The van der Waals surface area contributed by atoms with E-state index in [1.165, 1.54) is 6.07 Å². The van der Waals surface area contributed by atoms with Crippen molar-refractivity contribution in [2.75, 3.05) is 6.61 Å². The summed E-state index contributed by atoms with van der Waals surface area (Å²) in [6.07, 6.45) is 0. The smallest absolute Gasteiger partial charge is 0.357 e. The van der Waals surface area contributed by atoms with Crippen molar-refractivity contribution in [3.63, 3.8) is 0 Å². The summed E-state index contributed by atoms with van der Waals surface area (Å²) >= 11 is 0. The lowest BCUT2D eigenvalue weighted by Crippen LogP contribution is -2.43. The van der Waals surface area contributed by atoms with E-state index in [1.807, 2.05) is 18.2 Å². The Balaban J connectivity index is 1.50. The van der Waals surface area contributed by atoms with Crippen LogP contribution >= 0.6 is 0 Å². The number of hydrogen-bond donors (Lipinski definition) is 2. The van der Waals surface area contributed by atoms with Crippen LogP contribution in [0.3, 0.4) is 0 Å². The number of ether oxygens (including phenoxy) is 1. The molecule has 0 saturated carbocycles. The summed E-state index contributed by atoms with van der Waals surface area (Å²) in [6.45, 7) is -0.539. The first kappa shape index (κ1) is 17.1. The Kier molecular flexibility index (Phi) is 5.19. The number of esters is 1. The first-order valence-electron chi connectivity index (χ1n) is 7.80. The molecule has 130 valence electrons. The van der Waals surface area contributed by atoms with Gasteiger partial charge in [-0.2, -0.15) is 0 Å². The molecule has 2 aromatic carbocycles. The number of fused-ring (bicyclic) bond motifs is 1. The molecule has 1 aromatic heterocycles. The first-order valence-corrected chi connectivity index (χ1v) is 7.80. The molecular weight excluding hydrogens is 334 g/mol. The normalized spacial score (nSPS) is 10.2. The van der Waals surface area contributed by atoms with Crippen LogP contribution in [0.2, 0.25) is 0 Å². The first-order chi connectivity index (χ1) is 12.6. The summed E-state index contributed by atoms with van der Waals surface area (Å²) in [5.41, 5.74) is 5.57. The predicted octanol–water partition coefficient (Wildman–Crippen LogP) is 1.85. The number of hydrazine groups is 1. The number of nitrogens with zero attached hydrogens (tertiary/aromatic N) is 1. The van der Waals surface area contributed by atoms with Gasteiger partial charge in [0, 0.05) is 10.9 Å². The van der Waals surface area contributed by atoms with Gasteiger partial charge >= 0.3 is 5.97 Å². The van der Waals surface area contributed by atoms with Gasteiger partial charge in [0.2, 0.25) is 0 Å². The molecule has 7 heteroatoms. The zero-order valence-electron chi connectivity index (χ0n) is 13.6. The molecule has 26 heavy (non-hydrogen) atoms. The van der Waals surface area contributed by atoms with E-state index in [0.717, 1.165) is 5.39 Å². The zero-order chi connectivity index (χ0) is 18.4. The Labute approximate surface area is 149 Å². The SMILES string of the molecule is O=C(COC(=O)c1ccc2ccccc2n1)NNC(=O)c1ccccc1. The largest absolute Gasteiger partial charge is 0.451 e. The van der Waals surface area contributed by atoms with Gasteiger partial charge in [0.1, 0.15) is 5.69 Å². The minimum atomic E-state index is -0.722. The van der Waals surface area contributed by atoms with Crippen LogP contribution in [0.1, 0.15) is 20.8 Å². The van der Waals surface area contributed by atoms with E-state index in [0.29, 0.717) is 11.1 Å². The lowest BCUT2D eigenvalue weighted by molar-refractivity contribution is -0.125. The Morgan fingerprint density at radius 1 is 0.846 bits per heavy atom. The molecule has 7 nitrogen and oxygen atoms in total. The topological polar surface area (TPSA) is 97.4 Å². The average molecular weight is 349 g/mol. The zero-order valence-corrected chi connectivity index (χ0v) is 13.6. The summed E-state index contributed by atoms with van der Waals surface area (Å²) in [5.74, 6) is -1.86. The van der Waals surface area contributed by atoms with Crippen LogP contribution in [0.5, 0.6) is 0 Å². The maximum absolute atomic E-state index is 12.0. The fourth-order valence-electron chi connectivity index (χ4n) is 2.21. The summed E-state index contributed by atoms with van der Waals surface area (Å²) in [4.78, 5) is 39.7. The quantitative estimate of drug-likeness (QED) is 0.553. The van der Waals surface area contributed by atoms with Crippen LogP contribution in [0.15, 0.2) is 66.7 Å². The molecule has 1 heterocycles. The second-order valence-electron chi connectivity index (χ2n) is 5.33. The highest BCUT2D eigenvalue weighted by Crippen LogP contribution is 2.12. The van der Waals surface area contributed by atoms with Gasteiger partial charge < -0.3 is 4.74 Å². The third-order valence-electron chi connectivity index (χ3n) is 3.49.